The number of carbonyl (C=O) groups excluding carboxylic acids is 1. The molecule has 0 aromatic carbocycles. The van der Waals surface area contributed by atoms with Gasteiger partial charge in [-0.1, -0.05) is 13.3 Å². The number of nitrogens with zero attached hydrogens (tertiary/aromatic N) is 3. The molecule has 26 heavy (non-hydrogen) atoms. The van der Waals surface area contributed by atoms with Gasteiger partial charge in [0.2, 0.25) is 0 Å². The molecule has 0 radical (unpaired) electrons. The van der Waals surface area contributed by atoms with Crippen molar-refractivity contribution < 1.29 is 14.7 Å². The molecule has 0 spiro atoms. The lowest BCUT2D eigenvalue weighted by Crippen LogP contribution is -2.33. The molecule has 0 bridgehead atoms. The summed E-state index contributed by atoms with van der Waals surface area (Å²) in [5.41, 5.74) is 0.572. The first-order chi connectivity index (χ1) is 12.3. The Hall–Kier alpha value is -2.22. The van der Waals surface area contributed by atoms with Gasteiger partial charge in [0, 0.05) is 26.6 Å². The number of carbonyl (C=O) groups is 2. The summed E-state index contributed by atoms with van der Waals surface area (Å²) < 4.78 is 1.75. The number of aryl methyl sites for hydroxylation is 2. The van der Waals surface area contributed by atoms with Gasteiger partial charge >= 0.3 is 5.97 Å². The van der Waals surface area contributed by atoms with Gasteiger partial charge < -0.3 is 10.0 Å². The van der Waals surface area contributed by atoms with Crippen molar-refractivity contribution >= 4 is 33.4 Å². The van der Waals surface area contributed by atoms with Crippen LogP contribution in [0.15, 0.2) is 4.79 Å². The number of aromatic nitrogens is 2. The summed E-state index contributed by atoms with van der Waals surface area (Å²) in [4.78, 5) is 43.9. The van der Waals surface area contributed by atoms with E-state index in [4.69, 9.17) is 5.11 Å². The largest absolute Gasteiger partial charge is 0.481 e. The Balaban J connectivity index is 2.02. The van der Waals surface area contributed by atoms with E-state index in [0.717, 1.165) is 31.5 Å². The Morgan fingerprint density at radius 2 is 2.08 bits per heavy atom. The van der Waals surface area contributed by atoms with E-state index in [1.54, 1.807) is 25.5 Å². The molecule has 2 aromatic rings. The maximum atomic E-state index is 12.9. The molecule has 2 aromatic heterocycles. The summed E-state index contributed by atoms with van der Waals surface area (Å²) in [6.45, 7) is 4.12. The molecule has 1 atom stereocenters. The van der Waals surface area contributed by atoms with Crippen LogP contribution in [0.2, 0.25) is 0 Å². The smallest absolute Gasteiger partial charge is 0.308 e. The molecule has 8 heteroatoms. The van der Waals surface area contributed by atoms with Crippen molar-refractivity contribution in [3.05, 3.63) is 26.6 Å². The number of carboxylic acids is 1. The monoisotopic (exact) mass is 377 g/mol. The average Bonchev–Trinajstić information content (AvgIpc) is 2.77. The molecule has 1 N–H and O–H groups in total. The Labute approximate surface area is 155 Å². The van der Waals surface area contributed by atoms with Gasteiger partial charge in [0.1, 0.15) is 10.7 Å². The van der Waals surface area contributed by atoms with Crippen LogP contribution < -0.4 is 5.56 Å². The van der Waals surface area contributed by atoms with Crippen molar-refractivity contribution in [2.24, 2.45) is 5.92 Å². The van der Waals surface area contributed by atoms with Crippen molar-refractivity contribution in [1.82, 2.24) is 14.5 Å². The van der Waals surface area contributed by atoms with E-state index in [0.29, 0.717) is 27.2 Å². The first kappa shape index (κ1) is 18.6. The predicted molar refractivity (Wildman–Crippen MR) is 99.9 cm³/mol. The molecule has 1 aliphatic heterocycles. The highest BCUT2D eigenvalue weighted by molar-refractivity contribution is 7.20. The van der Waals surface area contributed by atoms with Gasteiger partial charge in [0.05, 0.1) is 16.2 Å². The van der Waals surface area contributed by atoms with Crippen LogP contribution in [0.3, 0.4) is 0 Å². The Kier molecular flexibility index (Phi) is 5.13. The topological polar surface area (TPSA) is 92.5 Å². The molecule has 3 heterocycles. The van der Waals surface area contributed by atoms with Gasteiger partial charge in [0.15, 0.2) is 0 Å². The quantitative estimate of drug-likeness (QED) is 0.882. The van der Waals surface area contributed by atoms with E-state index in [-0.39, 0.29) is 18.0 Å². The number of amides is 1. The predicted octanol–water partition coefficient (Wildman–Crippen LogP) is 2.29. The van der Waals surface area contributed by atoms with Gasteiger partial charge in [-0.15, -0.1) is 11.3 Å². The lowest BCUT2D eigenvalue weighted by molar-refractivity contribution is -0.141. The zero-order valence-corrected chi connectivity index (χ0v) is 16.1. The zero-order chi connectivity index (χ0) is 19.0. The normalized spacial score (nSPS) is 15.3. The second kappa shape index (κ2) is 7.19. The highest BCUT2D eigenvalue weighted by Crippen LogP contribution is 2.29. The van der Waals surface area contributed by atoms with Crippen molar-refractivity contribution in [3.63, 3.8) is 0 Å². The fourth-order valence-corrected chi connectivity index (χ4v) is 4.54. The van der Waals surface area contributed by atoms with Crippen molar-refractivity contribution in [2.45, 2.75) is 46.1 Å². The van der Waals surface area contributed by atoms with Crippen LogP contribution in [0.25, 0.3) is 10.2 Å². The molecule has 1 unspecified atom stereocenters. The summed E-state index contributed by atoms with van der Waals surface area (Å²) in [7, 11) is 1.58. The minimum absolute atomic E-state index is 0.0683. The number of aliphatic carboxylic acids is 1. The van der Waals surface area contributed by atoms with Gasteiger partial charge in [-0.25, -0.2) is 4.98 Å². The Morgan fingerprint density at radius 1 is 1.35 bits per heavy atom. The molecule has 3 rings (SSSR count). The van der Waals surface area contributed by atoms with E-state index < -0.39 is 11.9 Å². The van der Waals surface area contributed by atoms with Crippen LogP contribution in [0.4, 0.5) is 0 Å². The highest BCUT2D eigenvalue weighted by atomic mass is 32.1. The van der Waals surface area contributed by atoms with Crippen LogP contribution in [0.5, 0.6) is 0 Å². The minimum Gasteiger partial charge on any atom is -0.481 e. The summed E-state index contributed by atoms with van der Waals surface area (Å²) in [5.74, 6) is -1.06. The van der Waals surface area contributed by atoms with Gasteiger partial charge in [0.25, 0.3) is 11.5 Å². The Morgan fingerprint density at radius 3 is 2.77 bits per heavy atom. The summed E-state index contributed by atoms with van der Waals surface area (Å²) in [6.07, 6.45) is 3.85. The summed E-state index contributed by atoms with van der Waals surface area (Å²) in [5, 5.41) is 9.56. The first-order valence-electron chi connectivity index (χ1n) is 8.82. The third-order valence-electron chi connectivity index (χ3n) is 4.92. The highest BCUT2D eigenvalue weighted by Gasteiger charge is 2.25. The van der Waals surface area contributed by atoms with Gasteiger partial charge in [-0.2, -0.15) is 0 Å². The molecular weight excluding hydrogens is 354 g/mol. The van der Waals surface area contributed by atoms with E-state index in [2.05, 4.69) is 4.98 Å². The van der Waals surface area contributed by atoms with Crippen LogP contribution in [-0.2, 0) is 17.8 Å². The second-order valence-electron chi connectivity index (χ2n) is 6.96. The maximum absolute atomic E-state index is 12.9. The van der Waals surface area contributed by atoms with E-state index in [9.17, 15) is 14.4 Å². The number of hydrogen-bond acceptors (Lipinski definition) is 5. The van der Waals surface area contributed by atoms with E-state index in [1.807, 2.05) is 0 Å². The molecule has 0 saturated heterocycles. The third kappa shape index (κ3) is 3.25. The molecule has 0 fully saturated rings. The number of rotatable bonds is 4. The van der Waals surface area contributed by atoms with Crippen molar-refractivity contribution in [1.29, 1.82) is 0 Å². The van der Waals surface area contributed by atoms with Crippen LogP contribution in [0, 0.1) is 12.8 Å². The number of hydrogen-bond donors (Lipinski definition) is 1. The standard InChI is InChI=1S/C18H23N3O4S/c1-10(18(24)25)9-20(3)17(23)14-11(2)13-15(26-14)19-12-7-5-4-6-8-21(12)16(13)22/h10H,4-9H2,1-3H3,(H,24,25). The SMILES string of the molecule is Cc1c(C(=O)N(C)CC(C)C(=O)O)sc2nc3n(c(=O)c12)CCCCC3. The van der Waals surface area contributed by atoms with Crippen LogP contribution >= 0.6 is 11.3 Å². The Bertz CT molecular complexity index is 931. The van der Waals surface area contributed by atoms with Crippen molar-refractivity contribution in [3.8, 4) is 0 Å². The first-order valence-corrected chi connectivity index (χ1v) is 9.64. The number of thiophene rings is 1. The lowest BCUT2D eigenvalue weighted by atomic mass is 10.1. The molecule has 140 valence electrons. The minimum atomic E-state index is -0.943. The van der Waals surface area contributed by atoms with Gasteiger partial charge in [-0.05, 0) is 25.3 Å². The average molecular weight is 377 g/mol. The molecule has 0 saturated carbocycles. The molecular formula is C18H23N3O4S. The third-order valence-corrected chi connectivity index (χ3v) is 6.10. The lowest BCUT2D eigenvalue weighted by Gasteiger charge is -2.19. The number of fused-ring (bicyclic) bond motifs is 2. The molecule has 0 aliphatic carbocycles. The number of carboxylic acid groups (broad SMARTS) is 1. The summed E-state index contributed by atoms with van der Waals surface area (Å²) >= 11 is 1.23. The van der Waals surface area contributed by atoms with Crippen molar-refractivity contribution in [2.75, 3.05) is 13.6 Å². The molecule has 1 amide bonds. The fraction of sp³-hybridized carbons (Fsp3) is 0.556. The molecule has 7 nitrogen and oxygen atoms in total. The van der Waals surface area contributed by atoms with E-state index in [1.165, 1.54) is 16.2 Å². The van der Waals surface area contributed by atoms with E-state index >= 15 is 0 Å². The maximum Gasteiger partial charge on any atom is 0.308 e. The molecule has 1 aliphatic rings. The van der Waals surface area contributed by atoms with Crippen LogP contribution in [0.1, 0.15) is 47.2 Å². The van der Waals surface area contributed by atoms with Gasteiger partial charge in [-0.3, -0.25) is 19.0 Å². The zero-order valence-electron chi connectivity index (χ0n) is 15.2. The second-order valence-corrected chi connectivity index (χ2v) is 7.96. The fourth-order valence-electron chi connectivity index (χ4n) is 3.36. The summed E-state index contributed by atoms with van der Waals surface area (Å²) in [6, 6.07) is 0. The van der Waals surface area contributed by atoms with Crippen LogP contribution in [-0.4, -0.2) is 45.0 Å².